The molecule has 0 saturated heterocycles. The molecule has 0 N–H and O–H groups in total. The zero-order valence-corrected chi connectivity index (χ0v) is 11.9. The van der Waals surface area contributed by atoms with Gasteiger partial charge in [-0.05, 0) is 29.8 Å². The van der Waals surface area contributed by atoms with Gasteiger partial charge in [-0.25, -0.2) is 4.99 Å². The molecule has 0 spiro atoms. The highest BCUT2D eigenvalue weighted by atomic mass is 35.5. The summed E-state index contributed by atoms with van der Waals surface area (Å²) in [5.41, 5.74) is 4.27. The van der Waals surface area contributed by atoms with Crippen LogP contribution in [0.25, 0.3) is 0 Å². The Morgan fingerprint density at radius 1 is 1.00 bits per heavy atom. The van der Waals surface area contributed by atoms with Crippen LogP contribution in [0.3, 0.4) is 0 Å². The van der Waals surface area contributed by atoms with E-state index >= 15 is 0 Å². The third-order valence-corrected chi connectivity index (χ3v) is 5.50. The van der Waals surface area contributed by atoms with Crippen molar-refractivity contribution in [3.63, 3.8) is 0 Å². The van der Waals surface area contributed by atoms with Crippen molar-refractivity contribution < 1.29 is 0 Å². The van der Waals surface area contributed by atoms with Crippen molar-refractivity contribution >= 4 is 45.3 Å². The Morgan fingerprint density at radius 3 is 2.56 bits per heavy atom. The molecule has 4 heteroatoms. The predicted octanol–water partition coefficient (Wildman–Crippen LogP) is 5.23. The first-order valence-corrected chi connectivity index (χ1v) is 7.93. The summed E-state index contributed by atoms with van der Waals surface area (Å²) in [5, 5.41) is 1.51. The summed E-state index contributed by atoms with van der Waals surface area (Å²) in [6.45, 7) is 0. The molecule has 1 heterocycles. The molecule has 0 fully saturated rings. The topological polar surface area (TPSA) is 12.4 Å². The fraction of sp³-hybridized carbons (Fsp3) is 0.0714. The molecule has 1 atom stereocenters. The lowest BCUT2D eigenvalue weighted by molar-refractivity contribution is 1.37. The molecule has 1 unspecified atom stereocenters. The maximum atomic E-state index is 6.14. The van der Waals surface area contributed by atoms with Crippen molar-refractivity contribution in [3.05, 3.63) is 58.1 Å². The molecular weight excluding hydrogens is 285 g/mol. The average Bonchev–Trinajstić information content (AvgIpc) is 2.77. The van der Waals surface area contributed by atoms with Gasteiger partial charge < -0.3 is 0 Å². The number of rotatable bonds is 2. The van der Waals surface area contributed by atoms with Crippen LogP contribution in [0.5, 0.6) is 0 Å². The van der Waals surface area contributed by atoms with E-state index in [4.69, 9.17) is 23.2 Å². The van der Waals surface area contributed by atoms with Gasteiger partial charge in [0.2, 0.25) is 0 Å². The SMILES string of the molecule is Clc1ccc(C[SH]2C=Nc3c(Cl)cccc32)cc1. The quantitative estimate of drug-likeness (QED) is 0.729. The maximum Gasteiger partial charge on any atom is 0.0943 e. The van der Waals surface area contributed by atoms with Crippen LogP contribution in [0.2, 0.25) is 10.0 Å². The van der Waals surface area contributed by atoms with Crippen molar-refractivity contribution in [2.24, 2.45) is 4.99 Å². The zero-order chi connectivity index (χ0) is 12.5. The molecule has 0 aromatic heterocycles. The molecular formula is C14H11Cl2NS. The number of hydrogen-bond acceptors (Lipinski definition) is 1. The highest BCUT2D eigenvalue weighted by Crippen LogP contribution is 2.50. The number of benzene rings is 2. The maximum absolute atomic E-state index is 6.14. The summed E-state index contributed by atoms with van der Waals surface area (Å²) in [4.78, 5) is 5.71. The van der Waals surface area contributed by atoms with Gasteiger partial charge in [0.1, 0.15) is 0 Å². The number of nitrogens with zero attached hydrogens (tertiary/aromatic N) is 1. The normalized spacial score (nSPS) is 18.9. The van der Waals surface area contributed by atoms with E-state index in [0.717, 1.165) is 21.5 Å². The van der Waals surface area contributed by atoms with Gasteiger partial charge in [-0.2, -0.15) is 10.9 Å². The minimum atomic E-state index is -0.382. The molecule has 2 aromatic rings. The molecule has 0 radical (unpaired) electrons. The second-order valence-corrected chi connectivity index (χ2v) is 6.92. The number of para-hydroxylation sites is 1. The van der Waals surface area contributed by atoms with E-state index in [2.05, 4.69) is 23.2 Å². The van der Waals surface area contributed by atoms with Crippen molar-refractivity contribution in [1.82, 2.24) is 0 Å². The second kappa shape index (κ2) is 4.96. The molecule has 18 heavy (non-hydrogen) atoms. The molecule has 2 aromatic carbocycles. The van der Waals surface area contributed by atoms with Crippen LogP contribution in [0.1, 0.15) is 5.56 Å². The standard InChI is InChI=1S/C14H11Cl2NS/c15-11-6-4-10(5-7-11)8-18-9-17-14-12(16)2-1-3-13(14)18/h1-7,9,18H,8H2. The van der Waals surface area contributed by atoms with Crippen LogP contribution in [0, 0.1) is 0 Å². The van der Waals surface area contributed by atoms with E-state index in [1.165, 1.54) is 10.5 Å². The Bertz CT molecular complexity index is 608. The minimum Gasteiger partial charge on any atom is -0.249 e. The van der Waals surface area contributed by atoms with E-state index in [-0.39, 0.29) is 10.9 Å². The summed E-state index contributed by atoms with van der Waals surface area (Å²) >= 11 is 12.0. The van der Waals surface area contributed by atoms with Crippen molar-refractivity contribution in [2.75, 3.05) is 0 Å². The largest absolute Gasteiger partial charge is 0.249 e. The average molecular weight is 296 g/mol. The third-order valence-electron chi connectivity index (χ3n) is 2.87. The first-order chi connectivity index (χ1) is 8.74. The fourth-order valence-corrected chi connectivity index (χ4v) is 4.34. The summed E-state index contributed by atoms with van der Waals surface area (Å²) in [5.74, 6) is 0.989. The Kier molecular flexibility index (Phi) is 3.33. The number of thiol groups is 1. The van der Waals surface area contributed by atoms with Crippen LogP contribution < -0.4 is 0 Å². The van der Waals surface area contributed by atoms with E-state index in [0.29, 0.717) is 0 Å². The molecule has 3 rings (SSSR count). The number of halogens is 2. The van der Waals surface area contributed by atoms with Gasteiger partial charge in [0, 0.05) is 21.2 Å². The minimum absolute atomic E-state index is 0.382. The Morgan fingerprint density at radius 2 is 1.78 bits per heavy atom. The Balaban J connectivity index is 1.87. The van der Waals surface area contributed by atoms with E-state index in [1.54, 1.807) is 0 Å². The molecule has 1 nitrogen and oxygen atoms in total. The van der Waals surface area contributed by atoms with Crippen LogP contribution in [-0.2, 0) is 5.75 Å². The predicted molar refractivity (Wildman–Crippen MR) is 82.0 cm³/mol. The summed E-state index contributed by atoms with van der Waals surface area (Å²) in [6, 6.07) is 14.0. The van der Waals surface area contributed by atoms with E-state index in [9.17, 15) is 0 Å². The smallest absolute Gasteiger partial charge is 0.0943 e. The van der Waals surface area contributed by atoms with Gasteiger partial charge in [0.15, 0.2) is 0 Å². The molecule has 0 amide bonds. The summed E-state index contributed by atoms with van der Waals surface area (Å²) in [6.07, 6.45) is 0. The van der Waals surface area contributed by atoms with Crippen LogP contribution in [0.4, 0.5) is 5.69 Å². The fourth-order valence-electron chi connectivity index (χ4n) is 1.97. The van der Waals surface area contributed by atoms with Gasteiger partial charge >= 0.3 is 0 Å². The molecule has 1 aliphatic rings. The van der Waals surface area contributed by atoms with Crippen LogP contribution in [0.15, 0.2) is 52.4 Å². The van der Waals surface area contributed by atoms with Gasteiger partial charge in [0.25, 0.3) is 0 Å². The number of aliphatic imine (C=N–C) groups is 1. The third kappa shape index (κ3) is 2.28. The van der Waals surface area contributed by atoms with Crippen molar-refractivity contribution in [2.45, 2.75) is 10.6 Å². The second-order valence-electron chi connectivity index (χ2n) is 4.11. The van der Waals surface area contributed by atoms with Gasteiger partial charge in [-0.1, -0.05) is 41.4 Å². The van der Waals surface area contributed by atoms with Crippen LogP contribution in [-0.4, -0.2) is 5.55 Å². The van der Waals surface area contributed by atoms with Crippen molar-refractivity contribution in [3.8, 4) is 0 Å². The monoisotopic (exact) mass is 295 g/mol. The first kappa shape index (κ1) is 12.1. The van der Waals surface area contributed by atoms with E-state index < -0.39 is 0 Å². The lowest BCUT2D eigenvalue weighted by atomic mass is 10.2. The Hall–Kier alpha value is -0.960. The molecule has 0 bridgehead atoms. The number of fused-ring (bicyclic) bond motifs is 1. The summed E-state index contributed by atoms with van der Waals surface area (Å²) < 4.78 is 0. The van der Waals surface area contributed by atoms with E-state index in [1.807, 2.05) is 29.8 Å². The lowest BCUT2D eigenvalue weighted by Crippen LogP contribution is -1.87. The first-order valence-electron chi connectivity index (χ1n) is 5.58. The van der Waals surface area contributed by atoms with Gasteiger partial charge in [0.05, 0.1) is 10.7 Å². The van der Waals surface area contributed by atoms with Gasteiger partial charge in [-0.15, -0.1) is 0 Å². The van der Waals surface area contributed by atoms with Crippen LogP contribution >= 0.6 is 34.1 Å². The Labute approximate surface area is 119 Å². The molecule has 0 saturated carbocycles. The summed E-state index contributed by atoms with van der Waals surface area (Å²) in [7, 11) is -0.382. The lowest BCUT2D eigenvalue weighted by Gasteiger charge is -2.14. The molecule has 0 aliphatic carbocycles. The highest BCUT2D eigenvalue weighted by Gasteiger charge is 2.17. The molecule has 92 valence electrons. The highest BCUT2D eigenvalue weighted by molar-refractivity contribution is 8.28. The zero-order valence-electron chi connectivity index (χ0n) is 9.48. The van der Waals surface area contributed by atoms with Gasteiger partial charge in [-0.3, -0.25) is 0 Å². The molecule has 1 aliphatic heterocycles. The number of hydrogen-bond donors (Lipinski definition) is 1. The van der Waals surface area contributed by atoms with Crippen molar-refractivity contribution in [1.29, 1.82) is 0 Å².